The van der Waals surface area contributed by atoms with E-state index in [2.05, 4.69) is 9.97 Å². The standard InChI is InChI=1S/C14H13N3O2S2/c15-11-3-4-12-13(8-11)20-14(17-12)21(18,19)7-5-10-2-1-6-16-9-10/h1-4,6,8-9H,5,7,15H2. The van der Waals surface area contributed by atoms with Crippen LogP contribution in [0.5, 0.6) is 0 Å². The smallest absolute Gasteiger partial charge is 0.210 e. The molecule has 0 fully saturated rings. The predicted molar refractivity (Wildman–Crippen MR) is 84.0 cm³/mol. The summed E-state index contributed by atoms with van der Waals surface area (Å²) in [4.78, 5) is 8.18. The molecule has 0 bridgehead atoms. The molecule has 3 rings (SSSR count). The van der Waals surface area contributed by atoms with Gasteiger partial charge in [0.1, 0.15) is 0 Å². The fourth-order valence-corrected chi connectivity index (χ4v) is 4.63. The monoisotopic (exact) mass is 319 g/mol. The molecule has 5 nitrogen and oxygen atoms in total. The van der Waals surface area contributed by atoms with E-state index in [0.717, 1.165) is 21.6 Å². The Balaban J connectivity index is 1.86. The molecule has 0 atom stereocenters. The molecule has 3 aromatic rings. The first-order chi connectivity index (χ1) is 10.0. The maximum atomic E-state index is 12.4. The average molecular weight is 319 g/mol. The number of nitrogens with two attached hydrogens (primary N) is 1. The third-order valence-electron chi connectivity index (χ3n) is 3.04. The van der Waals surface area contributed by atoms with Gasteiger partial charge in [-0.3, -0.25) is 4.98 Å². The van der Waals surface area contributed by atoms with Crippen LogP contribution in [-0.2, 0) is 16.3 Å². The second kappa shape index (κ2) is 5.42. The van der Waals surface area contributed by atoms with Gasteiger partial charge in [0, 0.05) is 18.1 Å². The van der Waals surface area contributed by atoms with Gasteiger partial charge >= 0.3 is 0 Å². The Morgan fingerprint density at radius 1 is 1.24 bits per heavy atom. The number of fused-ring (bicyclic) bond motifs is 1. The van der Waals surface area contributed by atoms with Crippen molar-refractivity contribution < 1.29 is 8.42 Å². The summed E-state index contributed by atoms with van der Waals surface area (Å²) in [5, 5.41) is 0. The molecule has 0 aliphatic rings. The molecule has 0 saturated carbocycles. The molecule has 2 heterocycles. The van der Waals surface area contributed by atoms with E-state index in [4.69, 9.17) is 5.73 Å². The van der Waals surface area contributed by atoms with Crippen LogP contribution in [0, 0.1) is 0 Å². The molecule has 0 radical (unpaired) electrons. The zero-order valence-corrected chi connectivity index (χ0v) is 12.7. The number of aryl methyl sites for hydroxylation is 1. The van der Waals surface area contributed by atoms with E-state index in [1.165, 1.54) is 0 Å². The fraction of sp³-hybridized carbons (Fsp3) is 0.143. The minimum atomic E-state index is -3.39. The van der Waals surface area contributed by atoms with Crippen LogP contribution in [0.3, 0.4) is 0 Å². The van der Waals surface area contributed by atoms with Crippen molar-refractivity contribution in [2.45, 2.75) is 10.8 Å². The van der Waals surface area contributed by atoms with Crippen LogP contribution < -0.4 is 5.73 Å². The first-order valence-electron chi connectivity index (χ1n) is 6.32. The van der Waals surface area contributed by atoms with E-state index >= 15 is 0 Å². The van der Waals surface area contributed by atoms with E-state index in [9.17, 15) is 8.42 Å². The lowest BCUT2D eigenvalue weighted by Gasteiger charge is -2.00. The molecule has 108 valence electrons. The summed E-state index contributed by atoms with van der Waals surface area (Å²) in [6.07, 6.45) is 3.76. The Morgan fingerprint density at radius 3 is 2.86 bits per heavy atom. The Labute approximate surface area is 126 Å². The second-order valence-corrected chi connectivity index (χ2v) is 7.95. The maximum absolute atomic E-state index is 12.4. The van der Waals surface area contributed by atoms with Crippen molar-refractivity contribution in [1.29, 1.82) is 0 Å². The number of rotatable bonds is 4. The highest BCUT2D eigenvalue weighted by Crippen LogP contribution is 2.27. The summed E-state index contributed by atoms with van der Waals surface area (Å²) in [6, 6.07) is 8.85. The largest absolute Gasteiger partial charge is 0.399 e. The van der Waals surface area contributed by atoms with Crippen LogP contribution in [0.2, 0.25) is 0 Å². The lowest BCUT2D eigenvalue weighted by atomic mass is 10.2. The number of nitrogens with zero attached hydrogens (tertiary/aromatic N) is 2. The third kappa shape index (κ3) is 3.03. The van der Waals surface area contributed by atoms with Gasteiger partial charge in [-0.05, 0) is 36.2 Å². The van der Waals surface area contributed by atoms with Crippen molar-refractivity contribution in [2.24, 2.45) is 0 Å². The average Bonchev–Trinajstić information content (AvgIpc) is 2.90. The lowest BCUT2D eigenvalue weighted by Crippen LogP contribution is -2.09. The molecule has 0 amide bonds. The Bertz CT molecular complexity index is 874. The number of pyridine rings is 1. The minimum Gasteiger partial charge on any atom is -0.399 e. The number of hydrogen-bond acceptors (Lipinski definition) is 6. The maximum Gasteiger partial charge on any atom is 0.210 e. The van der Waals surface area contributed by atoms with Gasteiger partial charge in [-0.2, -0.15) is 0 Å². The van der Waals surface area contributed by atoms with Crippen molar-refractivity contribution >= 4 is 37.1 Å². The number of benzene rings is 1. The summed E-state index contributed by atoms with van der Waals surface area (Å²) in [6.45, 7) is 0. The van der Waals surface area contributed by atoms with E-state index in [-0.39, 0.29) is 10.1 Å². The van der Waals surface area contributed by atoms with Crippen molar-refractivity contribution in [3.8, 4) is 0 Å². The highest BCUT2D eigenvalue weighted by molar-refractivity contribution is 7.93. The van der Waals surface area contributed by atoms with Crippen LogP contribution in [0.4, 0.5) is 5.69 Å². The molecular formula is C14H13N3O2S2. The molecule has 0 spiro atoms. The number of nitrogen functional groups attached to an aromatic ring is 1. The quantitative estimate of drug-likeness (QED) is 0.746. The Morgan fingerprint density at radius 2 is 2.10 bits per heavy atom. The Hall–Kier alpha value is -1.99. The van der Waals surface area contributed by atoms with Gasteiger partial charge in [0.2, 0.25) is 14.2 Å². The SMILES string of the molecule is Nc1ccc2nc(S(=O)(=O)CCc3cccnc3)sc2c1. The van der Waals surface area contributed by atoms with E-state index < -0.39 is 9.84 Å². The number of aromatic nitrogens is 2. The number of sulfone groups is 1. The van der Waals surface area contributed by atoms with Gasteiger partial charge in [-0.25, -0.2) is 13.4 Å². The highest BCUT2D eigenvalue weighted by atomic mass is 32.2. The predicted octanol–water partition coefficient (Wildman–Crippen LogP) is 2.29. The zero-order chi connectivity index (χ0) is 14.9. The zero-order valence-electron chi connectivity index (χ0n) is 11.1. The summed E-state index contributed by atoms with van der Waals surface area (Å²) in [5.74, 6) is 0.0218. The van der Waals surface area contributed by atoms with Crippen molar-refractivity contribution in [2.75, 3.05) is 11.5 Å². The normalized spacial score (nSPS) is 11.8. The first kappa shape index (κ1) is 14.0. The van der Waals surface area contributed by atoms with Gasteiger partial charge in [0.05, 0.1) is 16.0 Å². The van der Waals surface area contributed by atoms with E-state index in [1.807, 2.05) is 6.07 Å². The third-order valence-corrected chi connectivity index (χ3v) is 6.23. The van der Waals surface area contributed by atoms with Crippen molar-refractivity contribution in [1.82, 2.24) is 9.97 Å². The molecule has 21 heavy (non-hydrogen) atoms. The second-order valence-electron chi connectivity index (χ2n) is 4.64. The minimum absolute atomic E-state index is 0.0218. The van der Waals surface area contributed by atoms with E-state index in [1.54, 1.807) is 36.7 Å². The number of hydrogen-bond donors (Lipinski definition) is 1. The Kier molecular flexibility index (Phi) is 3.60. The van der Waals surface area contributed by atoms with Gasteiger partial charge in [-0.1, -0.05) is 6.07 Å². The van der Waals surface area contributed by atoms with Crippen molar-refractivity contribution in [3.63, 3.8) is 0 Å². The van der Waals surface area contributed by atoms with Crippen LogP contribution in [0.1, 0.15) is 5.56 Å². The van der Waals surface area contributed by atoms with Crippen molar-refractivity contribution in [3.05, 3.63) is 48.3 Å². The van der Waals surface area contributed by atoms with Gasteiger partial charge in [-0.15, -0.1) is 11.3 Å². The molecule has 7 heteroatoms. The van der Waals surface area contributed by atoms with Gasteiger partial charge in [0.15, 0.2) is 0 Å². The highest BCUT2D eigenvalue weighted by Gasteiger charge is 2.19. The fourth-order valence-electron chi connectivity index (χ4n) is 1.94. The summed E-state index contributed by atoms with van der Waals surface area (Å²) < 4.78 is 25.6. The molecule has 0 saturated heterocycles. The lowest BCUT2D eigenvalue weighted by molar-refractivity contribution is 0.594. The molecule has 0 unspecified atom stereocenters. The van der Waals surface area contributed by atoms with E-state index in [0.29, 0.717) is 17.6 Å². The number of anilines is 1. The van der Waals surface area contributed by atoms with Gasteiger partial charge in [0.25, 0.3) is 0 Å². The summed E-state index contributed by atoms with van der Waals surface area (Å²) in [5.41, 5.74) is 7.86. The van der Waals surface area contributed by atoms with Crippen LogP contribution in [0.15, 0.2) is 47.1 Å². The van der Waals surface area contributed by atoms with Crippen LogP contribution in [0.25, 0.3) is 10.2 Å². The number of thiazole rings is 1. The van der Waals surface area contributed by atoms with Crippen LogP contribution in [-0.4, -0.2) is 24.1 Å². The topological polar surface area (TPSA) is 85.9 Å². The molecular weight excluding hydrogens is 306 g/mol. The molecule has 2 aromatic heterocycles. The molecule has 2 N–H and O–H groups in total. The first-order valence-corrected chi connectivity index (χ1v) is 8.79. The van der Waals surface area contributed by atoms with Gasteiger partial charge < -0.3 is 5.73 Å². The summed E-state index contributed by atoms with van der Waals surface area (Å²) >= 11 is 1.16. The summed E-state index contributed by atoms with van der Waals surface area (Å²) in [7, 11) is -3.39. The van der Waals surface area contributed by atoms with Crippen LogP contribution >= 0.6 is 11.3 Å². The molecule has 0 aliphatic carbocycles. The molecule has 1 aromatic carbocycles. The molecule has 0 aliphatic heterocycles.